The molecule has 0 aliphatic rings. The first-order valence-electron chi connectivity index (χ1n) is 4.32. The van der Waals surface area contributed by atoms with E-state index in [9.17, 15) is 0 Å². The molecule has 1 aromatic rings. The van der Waals surface area contributed by atoms with Gasteiger partial charge in [-0.2, -0.15) is 0 Å². The van der Waals surface area contributed by atoms with Crippen LogP contribution in [-0.4, -0.2) is 25.4 Å². The van der Waals surface area contributed by atoms with E-state index < -0.39 is 18.4 Å². The van der Waals surface area contributed by atoms with Crippen molar-refractivity contribution in [3.05, 3.63) is 24.3 Å². The van der Waals surface area contributed by atoms with Crippen LogP contribution in [0.5, 0.6) is 0 Å². The SMILES string of the molecule is CNc1ccc[c]([Sn]([CH3])([CH3])[CH3])c1. The Labute approximate surface area is 79.1 Å². The van der Waals surface area contributed by atoms with Crippen LogP contribution in [0, 0.1) is 0 Å². The summed E-state index contributed by atoms with van der Waals surface area (Å²) in [6, 6.07) is 8.80. The minimum absolute atomic E-state index is 1.24. The van der Waals surface area contributed by atoms with Gasteiger partial charge in [0.2, 0.25) is 0 Å². The third-order valence-corrected chi connectivity index (χ3v) is 7.85. The van der Waals surface area contributed by atoms with Crippen LogP contribution < -0.4 is 8.90 Å². The van der Waals surface area contributed by atoms with Crippen LogP contribution in [0.1, 0.15) is 0 Å². The molecule has 66 valence electrons. The molecule has 0 aliphatic carbocycles. The second-order valence-electron chi connectivity index (χ2n) is 4.08. The number of hydrogen-bond acceptors (Lipinski definition) is 1. The molecule has 1 rings (SSSR count). The Morgan fingerprint density at radius 2 is 1.83 bits per heavy atom. The Morgan fingerprint density at radius 1 is 1.17 bits per heavy atom. The summed E-state index contributed by atoms with van der Waals surface area (Å²) in [6.07, 6.45) is 0. The monoisotopic (exact) mass is 271 g/mol. The van der Waals surface area contributed by atoms with Crippen molar-refractivity contribution in [2.24, 2.45) is 0 Å². The predicted octanol–water partition coefficient (Wildman–Crippen LogP) is 2.27. The molecular weight excluding hydrogens is 253 g/mol. The van der Waals surface area contributed by atoms with Crippen LogP contribution in [-0.2, 0) is 0 Å². The van der Waals surface area contributed by atoms with Crippen LogP contribution >= 0.6 is 0 Å². The van der Waals surface area contributed by atoms with Crippen molar-refractivity contribution in [2.45, 2.75) is 14.8 Å². The molecule has 0 bridgehead atoms. The van der Waals surface area contributed by atoms with E-state index in [1.807, 2.05) is 7.05 Å². The summed E-state index contributed by atoms with van der Waals surface area (Å²) in [5.41, 5.74) is 1.24. The fourth-order valence-electron chi connectivity index (χ4n) is 1.14. The maximum atomic E-state index is 3.17. The topological polar surface area (TPSA) is 12.0 Å². The first-order chi connectivity index (χ1) is 5.54. The molecule has 0 spiro atoms. The number of anilines is 1. The van der Waals surface area contributed by atoms with Gasteiger partial charge in [0.05, 0.1) is 0 Å². The van der Waals surface area contributed by atoms with Crippen LogP contribution in [0.15, 0.2) is 24.3 Å². The molecule has 0 fully saturated rings. The van der Waals surface area contributed by atoms with Crippen molar-refractivity contribution in [3.63, 3.8) is 0 Å². The van der Waals surface area contributed by atoms with Crippen LogP contribution in [0.4, 0.5) is 5.69 Å². The Balaban J connectivity index is 3.02. The number of benzene rings is 1. The van der Waals surface area contributed by atoms with Gasteiger partial charge in [-0.1, -0.05) is 0 Å². The summed E-state index contributed by atoms with van der Waals surface area (Å²) in [6.45, 7) is 0. The van der Waals surface area contributed by atoms with E-state index >= 15 is 0 Å². The van der Waals surface area contributed by atoms with E-state index in [1.165, 1.54) is 5.69 Å². The quantitative estimate of drug-likeness (QED) is 0.813. The summed E-state index contributed by atoms with van der Waals surface area (Å²) < 4.78 is 1.58. The van der Waals surface area contributed by atoms with Gasteiger partial charge in [-0.05, 0) is 0 Å². The van der Waals surface area contributed by atoms with Crippen LogP contribution in [0.25, 0.3) is 0 Å². The fraction of sp³-hybridized carbons (Fsp3) is 0.400. The summed E-state index contributed by atoms with van der Waals surface area (Å²) >= 11 is -1.82. The van der Waals surface area contributed by atoms with Crippen molar-refractivity contribution in [1.82, 2.24) is 0 Å². The second-order valence-corrected chi connectivity index (χ2v) is 18.6. The zero-order valence-corrected chi connectivity index (χ0v) is 11.2. The van der Waals surface area contributed by atoms with Gasteiger partial charge in [-0.25, -0.2) is 0 Å². The van der Waals surface area contributed by atoms with Gasteiger partial charge in [-0.3, -0.25) is 0 Å². The van der Waals surface area contributed by atoms with E-state index in [0.29, 0.717) is 0 Å². The van der Waals surface area contributed by atoms with E-state index in [4.69, 9.17) is 0 Å². The van der Waals surface area contributed by atoms with E-state index in [1.54, 1.807) is 3.58 Å². The van der Waals surface area contributed by atoms with Crippen molar-refractivity contribution >= 4 is 27.6 Å². The molecule has 0 saturated carbocycles. The first kappa shape index (κ1) is 9.90. The molecule has 0 saturated heterocycles. The molecular formula is C10H17NSn. The predicted molar refractivity (Wildman–Crippen MR) is 59.0 cm³/mol. The van der Waals surface area contributed by atoms with Gasteiger partial charge >= 0.3 is 79.1 Å². The standard InChI is InChI=1S/C7H8N.3CH3.Sn/c1-8-7-5-3-2-4-6-7;;;;/h2-3,5-6,8H,1H3;3*1H3;. The summed E-state index contributed by atoms with van der Waals surface area (Å²) in [5, 5.41) is 3.17. The summed E-state index contributed by atoms with van der Waals surface area (Å²) in [4.78, 5) is 7.30. The molecule has 1 aromatic carbocycles. The van der Waals surface area contributed by atoms with E-state index in [2.05, 4.69) is 44.4 Å². The normalized spacial score (nSPS) is 11.3. The number of nitrogens with one attached hydrogen (secondary N) is 1. The molecule has 0 unspecified atom stereocenters. The first-order valence-corrected chi connectivity index (χ1v) is 14.3. The molecule has 1 N–H and O–H groups in total. The summed E-state index contributed by atoms with van der Waals surface area (Å²) in [5.74, 6) is 0. The summed E-state index contributed by atoms with van der Waals surface area (Å²) in [7, 11) is 1.97. The van der Waals surface area contributed by atoms with Crippen molar-refractivity contribution in [3.8, 4) is 0 Å². The maximum absolute atomic E-state index is 3.17. The zero-order chi connectivity index (χ0) is 9.19. The molecule has 0 aliphatic heterocycles. The van der Waals surface area contributed by atoms with Gasteiger partial charge < -0.3 is 0 Å². The molecule has 0 atom stereocenters. The minimum atomic E-state index is -1.82. The third-order valence-electron chi connectivity index (χ3n) is 2.02. The van der Waals surface area contributed by atoms with E-state index in [0.717, 1.165) is 0 Å². The van der Waals surface area contributed by atoms with Crippen molar-refractivity contribution < 1.29 is 0 Å². The third kappa shape index (κ3) is 2.40. The van der Waals surface area contributed by atoms with Gasteiger partial charge in [0, 0.05) is 0 Å². The van der Waals surface area contributed by atoms with Gasteiger partial charge in [0.25, 0.3) is 0 Å². The Bertz CT molecular complexity index is 263. The number of rotatable bonds is 2. The molecule has 0 heterocycles. The molecule has 0 amide bonds. The zero-order valence-electron chi connectivity index (χ0n) is 8.31. The molecule has 12 heavy (non-hydrogen) atoms. The van der Waals surface area contributed by atoms with E-state index in [-0.39, 0.29) is 0 Å². The Kier molecular flexibility index (Phi) is 3.04. The van der Waals surface area contributed by atoms with Crippen molar-refractivity contribution in [2.75, 3.05) is 12.4 Å². The molecule has 0 aromatic heterocycles. The number of hydrogen-bond donors (Lipinski definition) is 1. The fourth-order valence-corrected chi connectivity index (χ4v) is 4.52. The molecule has 2 heteroatoms. The second kappa shape index (κ2) is 3.69. The van der Waals surface area contributed by atoms with Crippen LogP contribution in [0.3, 0.4) is 0 Å². The van der Waals surface area contributed by atoms with Gasteiger partial charge in [0.15, 0.2) is 0 Å². The Morgan fingerprint density at radius 3 is 2.33 bits per heavy atom. The molecule has 0 radical (unpaired) electrons. The van der Waals surface area contributed by atoms with Crippen molar-refractivity contribution in [1.29, 1.82) is 0 Å². The average molecular weight is 270 g/mol. The average Bonchev–Trinajstić information content (AvgIpc) is 2.03. The van der Waals surface area contributed by atoms with Gasteiger partial charge in [0.1, 0.15) is 0 Å². The van der Waals surface area contributed by atoms with Gasteiger partial charge in [-0.15, -0.1) is 0 Å². The Hall–Kier alpha value is -0.181. The van der Waals surface area contributed by atoms with Crippen LogP contribution in [0.2, 0.25) is 14.8 Å². The molecule has 1 nitrogen and oxygen atoms in total.